The predicted molar refractivity (Wildman–Crippen MR) is 85.1 cm³/mol. The molecular weight excluding hydrogens is 270 g/mol. The molecule has 2 rings (SSSR count). The lowest BCUT2D eigenvalue weighted by atomic mass is 9.85. The van der Waals surface area contributed by atoms with E-state index < -0.39 is 0 Å². The predicted octanol–water partition coefficient (Wildman–Crippen LogP) is 3.37. The number of hydrogen-bond acceptors (Lipinski definition) is 4. The highest BCUT2D eigenvalue weighted by molar-refractivity contribution is 8.00. The molecule has 4 heteroatoms. The Morgan fingerprint density at radius 3 is 2.70 bits per heavy atom. The van der Waals surface area contributed by atoms with Crippen LogP contribution in [0.25, 0.3) is 0 Å². The molecule has 2 unspecified atom stereocenters. The molecule has 0 aromatic carbocycles. The van der Waals surface area contributed by atoms with Gasteiger partial charge < -0.3 is 10.1 Å². The standard InChI is InChI=1S/C16H29NO2S/c1-3-19-15(18)13-7-6-8-14(11-13)17-12-16(20-2)9-4-5-10-16/h13-14,17H,3-12H2,1-2H3. The topological polar surface area (TPSA) is 38.3 Å². The summed E-state index contributed by atoms with van der Waals surface area (Å²) in [6.07, 6.45) is 12.0. The molecule has 0 radical (unpaired) electrons. The van der Waals surface area contributed by atoms with Crippen LogP contribution in [0.15, 0.2) is 0 Å². The fourth-order valence-electron chi connectivity index (χ4n) is 3.65. The van der Waals surface area contributed by atoms with Crippen molar-refractivity contribution in [2.75, 3.05) is 19.4 Å². The van der Waals surface area contributed by atoms with Crippen LogP contribution >= 0.6 is 11.8 Å². The normalized spacial score (nSPS) is 29.3. The van der Waals surface area contributed by atoms with Gasteiger partial charge in [-0.05, 0) is 45.3 Å². The first-order valence-electron chi connectivity index (χ1n) is 8.14. The number of hydrogen-bond donors (Lipinski definition) is 1. The van der Waals surface area contributed by atoms with Crippen LogP contribution in [-0.4, -0.2) is 36.2 Å². The lowest BCUT2D eigenvalue weighted by Gasteiger charge is -2.33. The van der Waals surface area contributed by atoms with Gasteiger partial charge in [-0.15, -0.1) is 0 Å². The third-order valence-corrected chi connectivity index (χ3v) is 6.37. The highest BCUT2D eigenvalue weighted by atomic mass is 32.2. The lowest BCUT2D eigenvalue weighted by Crippen LogP contribution is -2.43. The van der Waals surface area contributed by atoms with E-state index in [0.29, 0.717) is 17.4 Å². The van der Waals surface area contributed by atoms with Crippen molar-refractivity contribution in [2.45, 2.75) is 69.1 Å². The van der Waals surface area contributed by atoms with Gasteiger partial charge in [0.25, 0.3) is 0 Å². The van der Waals surface area contributed by atoms with E-state index in [1.165, 1.54) is 32.1 Å². The maximum absolute atomic E-state index is 11.9. The smallest absolute Gasteiger partial charge is 0.308 e. The van der Waals surface area contributed by atoms with Gasteiger partial charge in [0.1, 0.15) is 0 Å². The van der Waals surface area contributed by atoms with Crippen molar-refractivity contribution in [3.05, 3.63) is 0 Å². The molecule has 0 aliphatic heterocycles. The number of esters is 1. The van der Waals surface area contributed by atoms with Crippen LogP contribution in [0.4, 0.5) is 0 Å². The molecule has 20 heavy (non-hydrogen) atoms. The Balaban J connectivity index is 1.79. The van der Waals surface area contributed by atoms with E-state index in [1.807, 2.05) is 18.7 Å². The second kappa shape index (κ2) is 7.69. The van der Waals surface area contributed by atoms with E-state index >= 15 is 0 Å². The van der Waals surface area contributed by atoms with Gasteiger partial charge in [0.15, 0.2) is 0 Å². The zero-order chi connectivity index (χ0) is 14.4. The van der Waals surface area contributed by atoms with Crippen molar-refractivity contribution >= 4 is 17.7 Å². The number of thioether (sulfide) groups is 1. The van der Waals surface area contributed by atoms with Crippen LogP contribution in [-0.2, 0) is 9.53 Å². The zero-order valence-electron chi connectivity index (χ0n) is 13.0. The van der Waals surface area contributed by atoms with Gasteiger partial charge >= 0.3 is 5.97 Å². The summed E-state index contributed by atoms with van der Waals surface area (Å²) >= 11 is 2.03. The average molecular weight is 299 g/mol. The van der Waals surface area contributed by atoms with Crippen LogP contribution in [0.1, 0.15) is 58.3 Å². The van der Waals surface area contributed by atoms with Gasteiger partial charge in [-0.2, -0.15) is 11.8 Å². The minimum atomic E-state index is 0.0134. The summed E-state index contributed by atoms with van der Waals surface area (Å²) in [6.45, 7) is 3.50. The number of carbonyl (C=O) groups is 1. The summed E-state index contributed by atoms with van der Waals surface area (Å²) in [7, 11) is 0. The second-order valence-electron chi connectivity index (χ2n) is 6.29. The first-order valence-corrected chi connectivity index (χ1v) is 9.37. The van der Waals surface area contributed by atoms with E-state index in [2.05, 4.69) is 11.6 Å². The maximum Gasteiger partial charge on any atom is 0.308 e. The van der Waals surface area contributed by atoms with Gasteiger partial charge in [-0.3, -0.25) is 4.79 Å². The van der Waals surface area contributed by atoms with Crippen LogP contribution in [0, 0.1) is 5.92 Å². The van der Waals surface area contributed by atoms with Crippen molar-refractivity contribution < 1.29 is 9.53 Å². The van der Waals surface area contributed by atoms with Crippen LogP contribution in [0.3, 0.4) is 0 Å². The SMILES string of the molecule is CCOC(=O)C1CCCC(NCC2(SC)CCCC2)C1. The Kier molecular flexibility index (Phi) is 6.21. The summed E-state index contributed by atoms with van der Waals surface area (Å²) in [5.74, 6) is 0.134. The Labute approximate surface area is 127 Å². The molecule has 0 spiro atoms. The first-order chi connectivity index (χ1) is 9.69. The molecule has 2 fully saturated rings. The minimum Gasteiger partial charge on any atom is -0.466 e. The lowest BCUT2D eigenvalue weighted by molar-refractivity contribution is -0.149. The van der Waals surface area contributed by atoms with Gasteiger partial charge in [0, 0.05) is 17.3 Å². The van der Waals surface area contributed by atoms with E-state index in [0.717, 1.165) is 25.8 Å². The molecule has 0 aromatic heterocycles. The van der Waals surface area contributed by atoms with Crippen molar-refractivity contribution in [1.29, 1.82) is 0 Å². The summed E-state index contributed by atoms with van der Waals surface area (Å²) in [5, 5.41) is 3.75. The van der Waals surface area contributed by atoms with Crippen molar-refractivity contribution in [3.8, 4) is 0 Å². The van der Waals surface area contributed by atoms with E-state index in [4.69, 9.17) is 4.74 Å². The van der Waals surface area contributed by atoms with Gasteiger partial charge in [-0.25, -0.2) is 0 Å². The molecule has 0 amide bonds. The van der Waals surface area contributed by atoms with Crippen molar-refractivity contribution in [3.63, 3.8) is 0 Å². The Morgan fingerprint density at radius 1 is 1.30 bits per heavy atom. The molecule has 2 aliphatic carbocycles. The number of nitrogens with one attached hydrogen (secondary N) is 1. The molecule has 1 N–H and O–H groups in total. The molecule has 0 aromatic rings. The highest BCUT2D eigenvalue weighted by Crippen LogP contribution is 2.40. The van der Waals surface area contributed by atoms with Crippen molar-refractivity contribution in [1.82, 2.24) is 5.32 Å². The summed E-state index contributed by atoms with van der Waals surface area (Å²) < 4.78 is 5.63. The molecule has 116 valence electrons. The van der Waals surface area contributed by atoms with E-state index in [1.54, 1.807) is 0 Å². The monoisotopic (exact) mass is 299 g/mol. The van der Waals surface area contributed by atoms with Crippen LogP contribution in [0.5, 0.6) is 0 Å². The summed E-state index contributed by atoms with van der Waals surface area (Å²) in [4.78, 5) is 11.9. The third-order valence-electron chi connectivity index (χ3n) is 4.95. The third kappa shape index (κ3) is 4.14. The Bertz CT molecular complexity index is 316. The second-order valence-corrected chi connectivity index (χ2v) is 7.56. The Morgan fingerprint density at radius 2 is 2.05 bits per heavy atom. The largest absolute Gasteiger partial charge is 0.466 e. The van der Waals surface area contributed by atoms with Gasteiger partial charge in [0.2, 0.25) is 0 Å². The van der Waals surface area contributed by atoms with E-state index in [-0.39, 0.29) is 11.9 Å². The molecule has 0 bridgehead atoms. The van der Waals surface area contributed by atoms with Crippen LogP contribution in [0.2, 0.25) is 0 Å². The first kappa shape index (κ1) is 16.2. The van der Waals surface area contributed by atoms with Gasteiger partial charge in [0.05, 0.1) is 12.5 Å². The number of carbonyl (C=O) groups excluding carboxylic acids is 1. The molecule has 3 nitrogen and oxygen atoms in total. The fourth-order valence-corrected chi connectivity index (χ4v) is 4.58. The summed E-state index contributed by atoms with van der Waals surface area (Å²) in [5.41, 5.74) is 0. The van der Waals surface area contributed by atoms with Crippen LogP contribution < -0.4 is 5.32 Å². The fraction of sp³-hybridized carbons (Fsp3) is 0.938. The minimum absolute atomic E-state index is 0.0134. The van der Waals surface area contributed by atoms with Crippen molar-refractivity contribution in [2.24, 2.45) is 5.92 Å². The molecule has 2 saturated carbocycles. The summed E-state index contributed by atoms with van der Waals surface area (Å²) in [6, 6.07) is 0.503. The maximum atomic E-state index is 11.9. The number of ether oxygens (including phenoxy) is 1. The molecule has 0 saturated heterocycles. The Hall–Kier alpha value is -0.220. The average Bonchev–Trinajstić information content (AvgIpc) is 2.95. The zero-order valence-corrected chi connectivity index (χ0v) is 13.8. The van der Waals surface area contributed by atoms with E-state index in [9.17, 15) is 4.79 Å². The highest BCUT2D eigenvalue weighted by Gasteiger charge is 2.34. The number of rotatable bonds is 6. The molecule has 2 atom stereocenters. The quantitative estimate of drug-likeness (QED) is 0.763. The van der Waals surface area contributed by atoms with Gasteiger partial charge in [-0.1, -0.05) is 19.3 Å². The molecule has 0 heterocycles. The molecule has 2 aliphatic rings. The molecular formula is C16H29NO2S.